The summed E-state index contributed by atoms with van der Waals surface area (Å²) in [4.78, 5) is 0. The molecule has 1 aromatic carbocycles. The van der Waals surface area contributed by atoms with Crippen LogP contribution in [0.15, 0.2) is 18.2 Å². The highest BCUT2D eigenvalue weighted by molar-refractivity contribution is 5.28. The van der Waals surface area contributed by atoms with Gasteiger partial charge in [0.1, 0.15) is 5.82 Å². The molecule has 1 heterocycles. The summed E-state index contributed by atoms with van der Waals surface area (Å²) in [6.07, 6.45) is -0.615. The SMILES string of the molecule is CC(C)(O)c1ccc(C2OCCO2)c(F)c1. The molecule has 0 unspecified atom stereocenters. The van der Waals surface area contributed by atoms with Crippen LogP contribution < -0.4 is 0 Å². The lowest BCUT2D eigenvalue weighted by molar-refractivity contribution is -0.0465. The Hall–Kier alpha value is -0.970. The second-order valence-corrected chi connectivity index (χ2v) is 4.37. The van der Waals surface area contributed by atoms with Gasteiger partial charge in [-0.05, 0) is 25.5 Å². The van der Waals surface area contributed by atoms with Crippen molar-refractivity contribution < 1.29 is 19.0 Å². The topological polar surface area (TPSA) is 38.7 Å². The number of hydrogen-bond donors (Lipinski definition) is 1. The zero-order valence-corrected chi connectivity index (χ0v) is 9.37. The predicted molar refractivity (Wildman–Crippen MR) is 56.3 cm³/mol. The molecular formula is C12H15FO3. The molecule has 2 rings (SSSR count). The fourth-order valence-electron chi connectivity index (χ4n) is 1.64. The number of ether oxygens (including phenoxy) is 2. The Labute approximate surface area is 93.8 Å². The number of halogens is 1. The van der Waals surface area contributed by atoms with Gasteiger partial charge in [0.25, 0.3) is 0 Å². The Kier molecular flexibility index (Phi) is 2.97. The lowest BCUT2D eigenvalue weighted by Gasteiger charge is -2.19. The third-order valence-electron chi connectivity index (χ3n) is 2.58. The van der Waals surface area contributed by atoms with Gasteiger partial charge in [0.15, 0.2) is 6.29 Å². The van der Waals surface area contributed by atoms with Crippen LogP contribution in [-0.4, -0.2) is 18.3 Å². The largest absolute Gasteiger partial charge is 0.386 e. The second-order valence-electron chi connectivity index (χ2n) is 4.37. The highest BCUT2D eigenvalue weighted by Crippen LogP contribution is 2.28. The second kappa shape index (κ2) is 4.13. The molecule has 1 N–H and O–H groups in total. The fraction of sp³-hybridized carbons (Fsp3) is 0.500. The molecule has 0 bridgehead atoms. The Balaban J connectivity index is 2.29. The number of hydrogen-bond acceptors (Lipinski definition) is 3. The summed E-state index contributed by atoms with van der Waals surface area (Å²) in [6.45, 7) is 4.20. The van der Waals surface area contributed by atoms with Gasteiger partial charge in [-0.25, -0.2) is 4.39 Å². The van der Waals surface area contributed by atoms with E-state index in [0.717, 1.165) is 0 Å². The lowest BCUT2D eigenvalue weighted by Crippen LogP contribution is -2.16. The molecule has 0 spiro atoms. The molecule has 16 heavy (non-hydrogen) atoms. The Bertz CT molecular complexity index is 378. The van der Waals surface area contributed by atoms with Gasteiger partial charge in [0.2, 0.25) is 0 Å². The maximum Gasteiger partial charge on any atom is 0.186 e. The van der Waals surface area contributed by atoms with Gasteiger partial charge in [-0.15, -0.1) is 0 Å². The van der Waals surface area contributed by atoms with Crippen LogP contribution in [0.3, 0.4) is 0 Å². The molecule has 88 valence electrons. The van der Waals surface area contributed by atoms with Crippen molar-refractivity contribution in [1.82, 2.24) is 0 Å². The first-order chi connectivity index (χ1) is 7.48. The lowest BCUT2D eigenvalue weighted by atomic mass is 9.97. The molecule has 3 nitrogen and oxygen atoms in total. The van der Waals surface area contributed by atoms with E-state index in [2.05, 4.69) is 0 Å². The highest BCUT2D eigenvalue weighted by Gasteiger charge is 2.24. The van der Waals surface area contributed by atoms with Crippen LogP contribution in [-0.2, 0) is 15.1 Å². The molecule has 4 heteroatoms. The van der Waals surface area contributed by atoms with E-state index in [1.807, 2.05) is 0 Å². The summed E-state index contributed by atoms with van der Waals surface area (Å²) in [5.74, 6) is -0.411. The molecular weight excluding hydrogens is 211 g/mol. The van der Waals surface area contributed by atoms with E-state index in [9.17, 15) is 9.50 Å². The van der Waals surface area contributed by atoms with Crippen LogP contribution in [0, 0.1) is 5.82 Å². The predicted octanol–water partition coefficient (Wildman–Crippen LogP) is 2.10. The number of rotatable bonds is 2. The summed E-state index contributed by atoms with van der Waals surface area (Å²) in [6, 6.07) is 4.60. The molecule has 0 radical (unpaired) electrons. The molecule has 1 aliphatic heterocycles. The average molecular weight is 226 g/mol. The number of benzene rings is 1. The van der Waals surface area contributed by atoms with E-state index >= 15 is 0 Å². The minimum atomic E-state index is -1.04. The van der Waals surface area contributed by atoms with Crippen molar-refractivity contribution in [3.63, 3.8) is 0 Å². The van der Waals surface area contributed by atoms with Gasteiger partial charge in [-0.2, -0.15) is 0 Å². The molecule has 0 amide bonds. The van der Waals surface area contributed by atoms with Crippen molar-refractivity contribution in [2.24, 2.45) is 0 Å². The summed E-state index contributed by atoms with van der Waals surface area (Å²) in [5.41, 5.74) is -0.131. The van der Waals surface area contributed by atoms with Crippen LogP contribution in [0.5, 0.6) is 0 Å². The number of aliphatic hydroxyl groups is 1. The Morgan fingerprint density at radius 1 is 1.31 bits per heavy atom. The minimum Gasteiger partial charge on any atom is -0.386 e. The van der Waals surface area contributed by atoms with Crippen molar-refractivity contribution in [3.8, 4) is 0 Å². The van der Waals surface area contributed by atoms with Crippen LogP contribution in [0.4, 0.5) is 4.39 Å². The van der Waals surface area contributed by atoms with Gasteiger partial charge >= 0.3 is 0 Å². The monoisotopic (exact) mass is 226 g/mol. The van der Waals surface area contributed by atoms with Crippen molar-refractivity contribution >= 4 is 0 Å². The quantitative estimate of drug-likeness (QED) is 0.839. The molecule has 1 fully saturated rings. The van der Waals surface area contributed by atoms with Crippen molar-refractivity contribution in [2.45, 2.75) is 25.7 Å². The molecule has 0 aromatic heterocycles. The average Bonchev–Trinajstić information content (AvgIpc) is 2.69. The van der Waals surface area contributed by atoms with E-state index in [-0.39, 0.29) is 0 Å². The fourth-order valence-corrected chi connectivity index (χ4v) is 1.64. The maximum atomic E-state index is 13.8. The van der Waals surface area contributed by atoms with E-state index in [1.165, 1.54) is 6.07 Å². The standard InChI is InChI=1S/C12H15FO3/c1-12(2,14)8-3-4-9(10(13)7-8)11-15-5-6-16-11/h3-4,7,11,14H,5-6H2,1-2H3. The first kappa shape index (κ1) is 11.5. The summed E-state index contributed by atoms with van der Waals surface area (Å²) in [5, 5.41) is 9.74. The van der Waals surface area contributed by atoms with Gasteiger partial charge in [-0.1, -0.05) is 12.1 Å². The molecule has 1 aliphatic rings. The highest BCUT2D eigenvalue weighted by atomic mass is 19.1. The minimum absolute atomic E-state index is 0.380. The van der Waals surface area contributed by atoms with Crippen molar-refractivity contribution in [2.75, 3.05) is 13.2 Å². The van der Waals surface area contributed by atoms with Crippen molar-refractivity contribution in [1.29, 1.82) is 0 Å². The van der Waals surface area contributed by atoms with Crippen LogP contribution in [0.25, 0.3) is 0 Å². The summed E-state index contributed by atoms with van der Waals surface area (Å²) >= 11 is 0. The smallest absolute Gasteiger partial charge is 0.186 e. The van der Waals surface area contributed by atoms with Gasteiger partial charge < -0.3 is 14.6 Å². The third-order valence-corrected chi connectivity index (χ3v) is 2.58. The van der Waals surface area contributed by atoms with Crippen LogP contribution >= 0.6 is 0 Å². The van der Waals surface area contributed by atoms with Gasteiger partial charge in [-0.3, -0.25) is 0 Å². The first-order valence-electron chi connectivity index (χ1n) is 5.24. The molecule has 1 saturated heterocycles. The Morgan fingerprint density at radius 2 is 1.94 bits per heavy atom. The van der Waals surface area contributed by atoms with E-state index in [1.54, 1.807) is 26.0 Å². The Morgan fingerprint density at radius 3 is 2.44 bits per heavy atom. The third kappa shape index (κ3) is 2.24. The molecule has 0 saturated carbocycles. The normalized spacial score (nSPS) is 18.0. The molecule has 1 aromatic rings. The zero-order chi connectivity index (χ0) is 11.8. The molecule has 0 atom stereocenters. The van der Waals surface area contributed by atoms with E-state index in [0.29, 0.717) is 24.3 Å². The van der Waals surface area contributed by atoms with Crippen LogP contribution in [0.1, 0.15) is 31.3 Å². The van der Waals surface area contributed by atoms with Gasteiger partial charge in [0, 0.05) is 5.56 Å². The zero-order valence-electron chi connectivity index (χ0n) is 9.37. The van der Waals surface area contributed by atoms with E-state index < -0.39 is 17.7 Å². The van der Waals surface area contributed by atoms with Crippen molar-refractivity contribution in [3.05, 3.63) is 35.1 Å². The molecule has 0 aliphatic carbocycles. The van der Waals surface area contributed by atoms with E-state index in [4.69, 9.17) is 9.47 Å². The summed E-state index contributed by atoms with van der Waals surface area (Å²) in [7, 11) is 0. The maximum absolute atomic E-state index is 13.8. The van der Waals surface area contributed by atoms with Crippen LogP contribution in [0.2, 0.25) is 0 Å². The first-order valence-corrected chi connectivity index (χ1v) is 5.24. The summed E-state index contributed by atoms with van der Waals surface area (Å²) < 4.78 is 24.2. The van der Waals surface area contributed by atoms with Gasteiger partial charge in [0.05, 0.1) is 18.8 Å².